The molecule has 5 rings (SSSR count). The number of aromatic nitrogens is 2. The van der Waals surface area contributed by atoms with E-state index >= 15 is 0 Å². The van der Waals surface area contributed by atoms with Crippen molar-refractivity contribution < 1.29 is 0 Å². The van der Waals surface area contributed by atoms with Crippen molar-refractivity contribution in [2.45, 2.75) is 38.4 Å². The molecule has 0 aromatic carbocycles. The molecule has 1 N–H and O–H groups in total. The van der Waals surface area contributed by atoms with E-state index in [1.807, 2.05) is 0 Å². The van der Waals surface area contributed by atoms with Crippen molar-refractivity contribution in [3.05, 3.63) is 23.3 Å². The van der Waals surface area contributed by atoms with Crippen molar-refractivity contribution in [2.75, 3.05) is 32.7 Å². The van der Waals surface area contributed by atoms with E-state index in [2.05, 4.69) is 28.1 Å². The predicted octanol–water partition coefficient (Wildman–Crippen LogP) is 0.709. The van der Waals surface area contributed by atoms with E-state index in [0.717, 1.165) is 49.4 Å². The molecule has 1 unspecified atom stereocenters. The molecule has 5 nitrogen and oxygen atoms in total. The fraction of sp³-hybridized carbons (Fsp3) is 0.733. The first-order valence-corrected chi connectivity index (χ1v) is 7.82. The third-order valence-corrected chi connectivity index (χ3v) is 4.65. The van der Waals surface area contributed by atoms with E-state index in [4.69, 9.17) is 9.97 Å². The van der Waals surface area contributed by atoms with Crippen LogP contribution in [-0.2, 0) is 6.54 Å². The third kappa shape index (κ3) is 2.57. The Labute approximate surface area is 120 Å². The molecule has 20 heavy (non-hydrogen) atoms. The molecule has 1 atom stereocenters. The summed E-state index contributed by atoms with van der Waals surface area (Å²) in [5.41, 5.74) is 2.25. The highest BCUT2D eigenvalue weighted by atomic mass is 15.4. The van der Waals surface area contributed by atoms with Gasteiger partial charge in [-0.2, -0.15) is 0 Å². The Bertz CT molecular complexity index is 491. The van der Waals surface area contributed by atoms with Gasteiger partial charge in [0.2, 0.25) is 0 Å². The minimum absolute atomic E-state index is 0.400. The number of nitrogens with one attached hydrogen (secondary N) is 1. The van der Waals surface area contributed by atoms with Gasteiger partial charge in [-0.15, -0.1) is 0 Å². The summed E-state index contributed by atoms with van der Waals surface area (Å²) in [7, 11) is 0. The monoisotopic (exact) mass is 273 g/mol. The molecule has 4 fully saturated rings. The smallest absolute Gasteiger partial charge is 0.147 e. The Balaban J connectivity index is 1.54. The van der Waals surface area contributed by atoms with Gasteiger partial charge in [-0.25, -0.2) is 9.97 Å². The lowest BCUT2D eigenvalue weighted by Gasteiger charge is -2.46. The molecule has 1 aliphatic carbocycles. The summed E-state index contributed by atoms with van der Waals surface area (Å²) < 4.78 is 0. The number of nitrogens with zero attached hydrogens (tertiary/aromatic N) is 4. The average molecular weight is 273 g/mol. The van der Waals surface area contributed by atoms with Crippen molar-refractivity contribution in [1.82, 2.24) is 25.1 Å². The van der Waals surface area contributed by atoms with Crippen LogP contribution >= 0.6 is 0 Å². The zero-order valence-electron chi connectivity index (χ0n) is 12.2. The molecule has 0 radical (unpaired) electrons. The van der Waals surface area contributed by atoms with Gasteiger partial charge in [-0.05, 0) is 25.8 Å². The second-order valence-electron chi connectivity index (χ2n) is 6.37. The fourth-order valence-electron chi connectivity index (χ4n) is 3.30. The SMILES string of the molecule is Cc1cc(CNC2CC2)nc(C2CN3CCN2CC3)n1. The summed E-state index contributed by atoms with van der Waals surface area (Å²) in [6, 6.07) is 3.25. The second kappa shape index (κ2) is 5.06. The van der Waals surface area contributed by atoms with E-state index < -0.39 is 0 Å². The van der Waals surface area contributed by atoms with Gasteiger partial charge in [0.25, 0.3) is 0 Å². The zero-order chi connectivity index (χ0) is 13.5. The Morgan fingerprint density at radius 1 is 1.20 bits per heavy atom. The molecule has 3 saturated heterocycles. The van der Waals surface area contributed by atoms with Crippen LogP contribution in [0, 0.1) is 6.92 Å². The fourth-order valence-corrected chi connectivity index (χ4v) is 3.30. The first-order chi connectivity index (χ1) is 9.78. The number of hydrogen-bond donors (Lipinski definition) is 1. The van der Waals surface area contributed by atoms with E-state index in [1.165, 1.54) is 25.9 Å². The van der Waals surface area contributed by atoms with Crippen LogP contribution in [0.5, 0.6) is 0 Å². The van der Waals surface area contributed by atoms with Gasteiger partial charge < -0.3 is 5.32 Å². The van der Waals surface area contributed by atoms with Crippen LogP contribution in [-0.4, -0.2) is 58.5 Å². The van der Waals surface area contributed by atoms with Gasteiger partial charge in [0.1, 0.15) is 5.82 Å². The molecule has 5 heteroatoms. The molecule has 3 aliphatic heterocycles. The topological polar surface area (TPSA) is 44.3 Å². The molecule has 2 bridgehead atoms. The maximum Gasteiger partial charge on any atom is 0.147 e. The van der Waals surface area contributed by atoms with Gasteiger partial charge in [-0.1, -0.05) is 0 Å². The highest BCUT2D eigenvalue weighted by Gasteiger charge is 2.34. The number of piperazine rings is 3. The minimum atomic E-state index is 0.400. The van der Waals surface area contributed by atoms with E-state index in [-0.39, 0.29) is 0 Å². The van der Waals surface area contributed by atoms with E-state index in [9.17, 15) is 0 Å². The largest absolute Gasteiger partial charge is 0.308 e. The van der Waals surface area contributed by atoms with Gasteiger partial charge in [0, 0.05) is 51.0 Å². The van der Waals surface area contributed by atoms with Crippen molar-refractivity contribution in [2.24, 2.45) is 0 Å². The summed E-state index contributed by atoms with van der Waals surface area (Å²) in [6.45, 7) is 8.81. The Morgan fingerprint density at radius 3 is 2.65 bits per heavy atom. The van der Waals surface area contributed by atoms with Crippen LogP contribution in [0.2, 0.25) is 0 Å². The predicted molar refractivity (Wildman–Crippen MR) is 77.4 cm³/mol. The van der Waals surface area contributed by atoms with Crippen LogP contribution in [0.3, 0.4) is 0 Å². The molecule has 0 spiro atoms. The molecule has 4 heterocycles. The quantitative estimate of drug-likeness (QED) is 0.875. The van der Waals surface area contributed by atoms with E-state index in [1.54, 1.807) is 0 Å². The lowest BCUT2D eigenvalue weighted by molar-refractivity contribution is 0.00849. The Morgan fingerprint density at radius 2 is 2.00 bits per heavy atom. The second-order valence-corrected chi connectivity index (χ2v) is 6.37. The number of aryl methyl sites for hydroxylation is 1. The summed E-state index contributed by atoms with van der Waals surface area (Å²) in [4.78, 5) is 14.6. The maximum absolute atomic E-state index is 4.83. The van der Waals surface area contributed by atoms with Crippen LogP contribution in [0.15, 0.2) is 6.07 Å². The van der Waals surface area contributed by atoms with Gasteiger partial charge >= 0.3 is 0 Å². The molecule has 1 aromatic rings. The van der Waals surface area contributed by atoms with Crippen molar-refractivity contribution in [1.29, 1.82) is 0 Å². The first kappa shape index (κ1) is 12.7. The average Bonchev–Trinajstić information content (AvgIpc) is 3.30. The maximum atomic E-state index is 4.83. The highest BCUT2D eigenvalue weighted by molar-refractivity contribution is 5.14. The summed E-state index contributed by atoms with van der Waals surface area (Å²) in [5, 5.41) is 3.55. The van der Waals surface area contributed by atoms with Crippen molar-refractivity contribution in [3.8, 4) is 0 Å². The highest BCUT2D eigenvalue weighted by Crippen LogP contribution is 2.27. The van der Waals surface area contributed by atoms with Gasteiger partial charge in [0.05, 0.1) is 11.7 Å². The molecular weight excluding hydrogens is 250 g/mol. The van der Waals surface area contributed by atoms with Gasteiger partial charge in [-0.3, -0.25) is 9.80 Å². The number of hydrogen-bond acceptors (Lipinski definition) is 5. The Hall–Kier alpha value is -1.04. The van der Waals surface area contributed by atoms with E-state index in [0.29, 0.717) is 6.04 Å². The van der Waals surface area contributed by atoms with Crippen molar-refractivity contribution in [3.63, 3.8) is 0 Å². The number of rotatable bonds is 4. The standard InChI is InChI=1S/C15H23N5/c1-11-8-13(9-16-12-2-3-12)18-15(17-11)14-10-19-4-6-20(14)7-5-19/h8,12,14,16H,2-7,9-10H2,1H3. The Kier molecular flexibility index (Phi) is 3.21. The molecule has 1 aromatic heterocycles. The molecule has 4 aliphatic rings. The summed E-state index contributed by atoms with van der Waals surface area (Å²) in [5.74, 6) is 1.03. The minimum Gasteiger partial charge on any atom is -0.308 e. The molecule has 108 valence electrons. The molecule has 1 saturated carbocycles. The van der Waals surface area contributed by atoms with Crippen LogP contribution in [0.1, 0.15) is 36.1 Å². The first-order valence-electron chi connectivity index (χ1n) is 7.82. The third-order valence-electron chi connectivity index (χ3n) is 4.65. The number of fused-ring (bicyclic) bond motifs is 3. The summed E-state index contributed by atoms with van der Waals surface area (Å²) in [6.07, 6.45) is 2.64. The molecular formula is C15H23N5. The van der Waals surface area contributed by atoms with Crippen LogP contribution in [0.25, 0.3) is 0 Å². The lowest BCUT2D eigenvalue weighted by Crippen LogP contribution is -2.57. The lowest BCUT2D eigenvalue weighted by atomic mass is 10.1. The zero-order valence-corrected chi connectivity index (χ0v) is 12.2. The van der Waals surface area contributed by atoms with Gasteiger partial charge in [0.15, 0.2) is 0 Å². The van der Waals surface area contributed by atoms with Crippen LogP contribution < -0.4 is 5.32 Å². The molecule has 0 amide bonds. The van der Waals surface area contributed by atoms with Crippen LogP contribution in [0.4, 0.5) is 0 Å². The summed E-state index contributed by atoms with van der Waals surface area (Å²) >= 11 is 0. The normalized spacial score (nSPS) is 32.5. The van der Waals surface area contributed by atoms with Crippen molar-refractivity contribution >= 4 is 0 Å².